The quantitative estimate of drug-likeness (QED) is 0.595. The van der Waals surface area contributed by atoms with Gasteiger partial charge in [0.25, 0.3) is 0 Å². The Bertz CT molecular complexity index is 606. The summed E-state index contributed by atoms with van der Waals surface area (Å²) in [5.74, 6) is -2.21. The van der Waals surface area contributed by atoms with Crippen LogP contribution in [-0.4, -0.2) is 6.21 Å². The maximum Gasteiger partial charge on any atom is 0.204 e. The van der Waals surface area contributed by atoms with Crippen LogP contribution in [0.2, 0.25) is 0 Å². The third kappa shape index (κ3) is 2.78. The first-order valence-corrected chi connectivity index (χ1v) is 5.83. The summed E-state index contributed by atoms with van der Waals surface area (Å²) < 4.78 is 27.7. The van der Waals surface area contributed by atoms with Gasteiger partial charge in [0, 0.05) is 11.8 Å². The lowest BCUT2D eigenvalue weighted by molar-refractivity contribution is 0.316. The van der Waals surface area contributed by atoms with E-state index in [0.717, 1.165) is 5.56 Å². The SMILES string of the molecule is CC=NOc1ccc(-c2ccc(C)cc2)c(F)c1F. The van der Waals surface area contributed by atoms with Crippen molar-refractivity contribution < 1.29 is 13.6 Å². The molecule has 0 aromatic heterocycles. The molecule has 2 nitrogen and oxygen atoms in total. The molecular weight excluding hydrogens is 248 g/mol. The molecule has 0 atom stereocenters. The molecule has 2 aromatic rings. The van der Waals surface area contributed by atoms with Crippen molar-refractivity contribution in [2.45, 2.75) is 13.8 Å². The molecule has 0 heterocycles. The summed E-state index contributed by atoms with van der Waals surface area (Å²) in [6.45, 7) is 3.55. The Balaban J connectivity index is 2.43. The average molecular weight is 261 g/mol. The Kier molecular flexibility index (Phi) is 3.90. The van der Waals surface area contributed by atoms with Gasteiger partial charge >= 0.3 is 0 Å². The number of halogens is 2. The fourth-order valence-corrected chi connectivity index (χ4v) is 1.67. The summed E-state index contributed by atoms with van der Waals surface area (Å²) in [4.78, 5) is 4.73. The number of nitrogens with zero attached hydrogens (tertiary/aromatic N) is 1. The lowest BCUT2D eigenvalue weighted by Crippen LogP contribution is -1.95. The molecule has 0 unspecified atom stereocenters. The second-order valence-corrected chi connectivity index (χ2v) is 4.06. The minimum atomic E-state index is -1.04. The topological polar surface area (TPSA) is 21.6 Å². The first-order valence-electron chi connectivity index (χ1n) is 5.83. The fraction of sp³-hybridized carbons (Fsp3) is 0.133. The van der Waals surface area contributed by atoms with E-state index in [0.29, 0.717) is 5.56 Å². The van der Waals surface area contributed by atoms with E-state index < -0.39 is 11.6 Å². The standard InChI is InChI=1S/C15H13F2NO/c1-3-18-19-13-9-8-12(14(16)15(13)17)11-6-4-10(2)5-7-11/h3-9H,1-2H3. The number of rotatable bonds is 3. The molecule has 0 saturated carbocycles. The van der Waals surface area contributed by atoms with E-state index in [1.807, 2.05) is 19.1 Å². The van der Waals surface area contributed by atoms with Crippen molar-refractivity contribution in [3.05, 3.63) is 53.6 Å². The van der Waals surface area contributed by atoms with Crippen LogP contribution in [-0.2, 0) is 0 Å². The van der Waals surface area contributed by atoms with E-state index >= 15 is 0 Å². The van der Waals surface area contributed by atoms with Crippen molar-refractivity contribution in [1.29, 1.82) is 0 Å². The molecule has 0 fully saturated rings. The highest BCUT2D eigenvalue weighted by atomic mass is 19.2. The third-order valence-corrected chi connectivity index (χ3v) is 2.67. The zero-order chi connectivity index (χ0) is 13.8. The largest absolute Gasteiger partial charge is 0.354 e. The van der Waals surface area contributed by atoms with Gasteiger partial charge in [-0.1, -0.05) is 35.0 Å². The second-order valence-electron chi connectivity index (χ2n) is 4.06. The van der Waals surface area contributed by atoms with E-state index in [1.165, 1.54) is 18.3 Å². The van der Waals surface area contributed by atoms with Crippen LogP contribution in [0.15, 0.2) is 41.6 Å². The molecule has 2 rings (SSSR count). The van der Waals surface area contributed by atoms with Crippen LogP contribution in [0.5, 0.6) is 5.75 Å². The predicted octanol–water partition coefficient (Wildman–Crippen LogP) is 4.32. The van der Waals surface area contributed by atoms with Gasteiger partial charge in [-0.3, -0.25) is 0 Å². The number of aryl methyl sites for hydroxylation is 1. The molecule has 98 valence electrons. The monoisotopic (exact) mass is 261 g/mol. The number of hydrogen-bond donors (Lipinski definition) is 0. The fourth-order valence-electron chi connectivity index (χ4n) is 1.67. The Morgan fingerprint density at radius 1 is 1.00 bits per heavy atom. The molecular formula is C15H13F2NO. The highest BCUT2D eigenvalue weighted by molar-refractivity contribution is 5.65. The van der Waals surface area contributed by atoms with Crippen molar-refractivity contribution in [1.82, 2.24) is 0 Å². The van der Waals surface area contributed by atoms with Gasteiger partial charge in [0.1, 0.15) is 0 Å². The van der Waals surface area contributed by atoms with Crippen LogP contribution in [0.1, 0.15) is 12.5 Å². The number of oxime groups is 1. The molecule has 0 bridgehead atoms. The Morgan fingerprint density at radius 3 is 2.32 bits per heavy atom. The average Bonchev–Trinajstić information content (AvgIpc) is 2.42. The molecule has 19 heavy (non-hydrogen) atoms. The minimum absolute atomic E-state index is 0.199. The summed E-state index contributed by atoms with van der Waals surface area (Å²) in [6, 6.07) is 10.0. The molecule has 0 aliphatic rings. The van der Waals surface area contributed by atoms with Gasteiger partial charge in [-0.05, 0) is 31.5 Å². The Labute approximate surface area is 110 Å². The molecule has 4 heteroatoms. The molecule has 0 saturated heterocycles. The van der Waals surface area contributed by atoms with Gasteiger partial charge in [-0.25, -0.2) is 4.39 Å². The first-order chi connectivity index (χ1) is 9.13. The van der Waals surface area contributed by atoms with E-state index in [-0.39, 0.29) is 11.3 Å². The van der Waals surface area contributed by atoms with E-state index in [4.69, 9.17) is 4.84 Å². The molecule has 2 aromatic carbocycles. The Morgan fingerprint density at radius 2 is 1.68 bits per heavy atom. The first kappa shape index (κ1) is 13.2. The zero-order valence-corrected chi connectivity index (χ0v) is 10.7. The maximum atomic E-state index is 14.0. The maximum absolute atomic E-state index is 14.0. The summed E-state index contributed by atoms with van der Waals surface area (Å²) in [5.41, 5.74) is 1.87. The normalized spacial score (nSPS) is 10.9. The molecule has 0 spiro atoms. The van der Waals surface area contributed by atoms with Gasteiger partial charge in [0.05, 0.1) is 0 Å². The molecule has 0 amide bonds. The van der Waals surface area contributed by atoms with E-state index in [1.54, 1.807) is 19.1 Å². The summed E-state index contributed by atoms with van der Waals surface area (Å²) >= 11 is 0. The highest BCUT2D eigenvalue weighted by Gasteiger charge is 2.15. The second kappa shape index (κ2) is 5.61. The predicted molar refractivity (Wildman–Crippen MR) is 71.3 cm³/mol. The van der Waals surface area contributed by atoms with Gasteiger partial charge in [-0.2, -0.15) is 4.39 Å². The lowest BCUT2D eigenvalue weighted by Gasteiger charge is -2.07. The molecule has 0 radical (unpaired) electrons. The van der Waals surface area contributed by atoms with Crippen LogP contribution >= 0.6 is 0 Å². The highest BCUT2D eigenvalue weighted by Crippen LogP contribution is 2.30. The molecule has 0 N–H and O–H groups in total. The van der Waals surface area contributed by atoms with Gasteiger partial charge < -0.3 is 4.84 Å². The van der Waals surface area contributed by atoms with Crippen molar-refractivity contribution in [2.75, 3.05) is 0 Å². The van der Waals surface area contributed by atoms with Crippen molar-refractivity contribution >= 4 is 6.21 Å². The van der Waals surface area contributed by atoms with Crippen LogP contribution in [0.3, 0.4) is 0 Å². The number of hydrogen-bond acceptors (Lipinski definition) is 2. The van der Waals surface area contributed by atoms with Crippen molar-refractivity contribution in [3.8, 4) is 16.9 Å². The van der Waals surface area contributed by atoms with Crippen LogP contribution in [0.4, 0.5) is 8.78 Å². The van der Waals surface area contributed by atoms with Crippen molar-refractivity contribution in [2.24, 2.45) is 5.16 Å². The minimum Gasteiger partial charge on any atom is -0.354 e. The van der Waals surface area contributed by atoms with E-state index in [2.05, 4.69) is 5.16 Å². The van der Waals surface area contributed by atoms with E-state index in [9.17, 15) is 8.78 Å². The Hall–Kier alpha value is -2.23. The van der Waals surface area contributed by atoms with Gasteiger partial charge in [-0.15, -0.1) is 0 Å². The number of benzene rings is 2. The van der Waals surface area contributed by atoms with Gasteiger partial charge in [0.15, 0.2) is 11.6 Å². The van der Waals surface area contributed by atoms with Crippen LogP contribution in [0, 0.1) is 18.6 Å². The van der Waals surface area contributed by atoms with Crippen molar-refractivity contribution in [3.63, 3.8) is 0 Å². The van der Waals surface area contributed by atoms with Gasteiger partial charge in [0.2, 0.25) is 5.82 Å². The van der Waals surface area contributed by atoms with Crippen LogP contribution < -0.4 is 4.84 Å². The summed E-state index contributed by atoms with van der Waals surface area (Å²) in [6.07, 6.45) is 1.35. The van der Waals surface area contributed by atoms with Crippen LogP contribution in [0.25, 0.3) is 11.1 Å². The lowest BCUT2D eigenvalue weighted by atomic mass is 10.0. The zero-order valence-electron chi connectivity index (χ0n) is 10.7. The third-order valence-electron chi connectivity index (χ3n) is 2.67. The molecule has 0 aliphatic carbocycles. The summed E-state index contributed by atoms with van der Waals surface area (Å²) in [7, 11) is 0. The smallest absolute Gasteiger partial charge is 0.204 e. The molecule has 0 aliphatic heterocycles. The summed E-state index contributed by atoms with van der Waals surface area (Å²) in [5, 5.41) is 3.43.